The zero-order valence-corrected chi connectivity index (χ0v) is 18.6. The van der Waals surface area contributed by atoms with Gasteiger partial charge in [0, 0.05) is 18.5 Å². The lowest BCUT2D eigenvalue weighted by Gasteiger charge is -2.41. The minimum absolute atomic E-state index is 0.0558. The number of hydrogen-bond acceptors (Lipinski definition) is 4. The van der Waals surface area contributed by atoms with Crippen LogP contribution in [0.4, 0.5) is 4.79 Å². The summed E-state index contributed by atoms with van der Waals surface area (Å²) in [6.07, 6.45) is 11.8. The molecule has 0 aromatic heterocycles. The molecule has 0 bridgehead atoms. The average molecular weight is 406 g/mol. The zero-order chi connectivity index (χ0) is 21.9. The van der Waals surface area contributed by atoms with Crippen LogP contribution in [0.1, 0.15) is 72.6 Å². The van der Waals surface area contributed by atoms with Crippen LogP contribution in [-0.4, -0.2) is 42.1 Å². The first kappa shape index (κ1) is 24.9. The van der Waals surface area contributed by atoms with Crippen molar-refractivity contribution in [3.05, 3.63) is 23.9 Å². The molecule has 29 heavy (non-hydrogen) atoms. The van der Waals surface area contributed by atoms with E-state index in [0.29, 0.717) is 31.0 Å². The number of hydrogen-bond donors (Lipinski definition) is 2. The molecule has 0 aromatic rings. The summed E-state index contributed by atoms with van der Waals surface area (Å²) in [5.41, 5.74) is 5.46. The second-order valence-corrected chi connectivity index (χ2v) is 8.23. The van der Waals surface area contributed by atoms with E-state index < -0.39 is 5.41 Å². The maximum absolute atomic E-state index is 12.8. The monoisotopic (exact) mass is 405 g/mol. The molecule has 0 heterocycles. The van der Waals surface area contributed by atoms with Crippen molar-refractivity contribution in [1.82, 2.24) is 10.2 Å². The first-order valence-electron chi connectivity index (χ1n) is 10.9. The number of urea groups is 1. The average Bonchev–Trinajstić information content (AvgIpc) is 2.73. The fourth-order valence-corrected chi connectivity index (χ4v) is 4.13. The van der Waals surface area contributed by atoms with Crippen LogP contribution in [0, 0.1) is 11.3 Å². The van der Waals surface area contributed by atoms with Crippen molar-refractivity contribution in [2.75, 3.05) is 19.6 Å². The summed E-state index contributed by atoms with van der Waals surface area (Å²) in [6, 6.07) is -0.297. The molecule has 1 fully saturated rings. The van der Waals surface area contributed by atoms with Crippen LogP contribution in [0.5, 0.6) is 0 Å². The number of amides is 2. The van der Waals surface area contributed by atoms with Crippen molar-refractivity contribution >= 4 is 17.6 Å². The van der Waals surface area contributed by atoms with Crippen molar-refractivity contribution in [3.8, 4) is 0 Å². The molecule has 3 N–H and O–H groups in total. The molecule has 0 saturated heterocycles. The number of nitrogens with two attached hydrogens (primary N) is 1. The van der Waals surface area contributed by atoms with Crippen molar-refractivity contribution < 1.29 is 14.4 Å². The topological polar surface area (TPSA) is 92.5 Å². The Labute approximate surface area is 176 Å². The fourth-order valence-electron chi connectivity index (χ4n) is 4.13. The summed E-state index contributed by atoms with van der Waals surface area (Å²) >= 11 is 0. The van der Waals surface area contributed by atoms with Gasteiger partial charge in [-0.2, -0.15) is 0 Å². The lowest BCUT2D eigenvalue weighted by atomic mass is 9.67. The molecule has 1 aliphatic carbocycles. The van der Waals surface area contributed by atoms with E-state index in [9.17, 15) is 14.4 Å². The molecule has 1 rings (SSSR count). The molecule has 1 unspecified atom stereocenters. The quantitative estimate of drug-likeness (QED) is 0.402. The molecule has 1 aliphatic rings. The highest BCUT2D eigenvalue weighted by Crippen LogP contribution is 2.40. The van der Waals surface area contributed by atoms with Crippen molar-refractivity contribution in [1.29, 1.82) is 0 Å². The van der Waals surface area contributed by atoms with Crippen molar-refractivity contribution in [2.24, 2.45) is 17.1 Å². The second-order valence-electron chi connectivity index (χ2n) is 8.23. The van der Waals surface area contributed by atoms with Crippen LogP contribution in [0.25, 0.3) is 0 Å². The van der Waals surface area contributed by atoms with Gasteiger partial charge in [0.25, 0.3) is 0 Å². The number of carbonyl (C=O) groups excluding carboxylic acids is 3. The number of nitrogens with zero attached hydrogens (tertiary/aromatic N) is 1. The van der Waals surface area contributed by atoms with Gasteiger partial charge in [-0.1, -0.05) is 45.6 Å². The Morgan fingerprint density at radius 2 is 1.83 bits per heavy atom. The van der Waals surface area contributed by atoms with E-state index in [0.717, 1.165) is 32.1 Å². The molecule has 1 atom stereocenters. The molecule has 1 saturated carbocycles. The van der Waals surface area contributed by atoms with Crippen LogP contribution in [0.3, 0.4) is 0 Å². The number of ketones is 2. The van der Waals surface area contributed by atoms with E-state index >= 15 is 0 Å². The number of Topliss-reactive ketones (excluding diaryl/α,β-unsaturated/α-hetero) is 2. The van der Waals surface area contributed by atoms with Gasteiger partial charge in [-0.3, -0.25) is 9.59 Å². The Balaban J connectivity index is 2.79. The Morgan fingerprint density at radius 1 is 1.17 bits per heavy atom. The molecule has 6 nitrogen and oxygen atoms in total. The molecule has 2 amide bonds. The number of allylic oxidation sites excluding steroid dienone is 2. The number of nitrogens with one attached hydrogen (secondary N) is 1. The Hall–Kier alpha value is -2.11. The van der Waals surface area contributed by atoms with E-state index in [2.05, 4.69) is 5.32 Å². The molecular formula is C23H39N3O3. The van der Waals surface area contributed by atoms with Gasteiger partial charge in [0.15, 0.2) is 5.78 Å². The molecule has 6 heteroatoms. The highest BCUT2D eigenvalue weighted by molar-refractivity contribution is 5.98. The lowest BCUT2D eigenvalue weighted by molar-refractivity contribution is -0.130. The van der Waals surface area contributed by atoms with Crippen LogP contribution < -0.4 is 11.1 Å². The molecule has 0 aliphatic heterocycles. The van der Waals surface area contributed by atoms with Gasteiger partial charge in [-0.15, -0.1) is 0 Å². The second kappa shape index (κ2) is 12.5. The van der Waals surface area contributed by atoms with E-state index in [1.807, 2.05) is 20.8 Å². The molecule has 0 aromatic carbocycles. The van der Waals surface area contributed by atoms with E-state index in [1.54, 1.807) is 24.0 Å². The third-order valence-corrected chi connectivity index (χ3v) is 6.18. The highest BCUT2D eigenvalue weighted by Gasteiger charge is 2.41. The maximum Gasteiger partial charge on any atom is 0.317 e. The molecule has 0 radical (unpaired) electrons. The Kier molecular flexibility index (Phi) is 10.7. The van der Waals surface area contributed by atoms with E-state index in [4.69, 9.17) is 5.73 Å². The van der Waals surface area contributed by atoms with Crippen LogP contribution in [0.15, 0.2) is 23.9 Å². The third-order valence-electron chi connectivity index (χ3n) is 6.18. The smallest absolute Gasteiger partial charge is 0.317 e. The zero-order valence-electron chi connectivity index (χ0n) is 18.6. The molecular weight excluding hydrogens is 366 g/mol. The predicted molar refractivity (Wildman–Crippen MR) is 117 cm³/mol. The summed E-state index contributed by atoms with van der Waals surface area (Å²) in [5, 5.41) is 2.74. The van der Waals surface area contributed by atoms with Crippen LogP contribution in [0.2, 0.25) is 0 Å². The minimum Gasteiger partial charge on any atom is -0.405 e. The van der Waals surface area contributed by atoms with Gasteiger partial charge >= 0.3 is 6.03 Å². The van der Waals surface area contributed by atoms with Crippen LogP contribution in [-0.2, 0) is 9.59 Å². The van der Waals surface area contributed by atoms with E-state index in [-0.39, 0.29) is 24.1 Å². The largest absolute Gasteiger partial charge is 0.405 e. The third kappa shape index (κ3) is 7.33. The summed E-state index contributed by atoms with van der Waals surface area (Å²) in [5.74, 6) is 0.323. The van der Waals surface area contributed by atoms with Crippen molar-refractivity contribution in [2.45, 2.75) is 72.6 Å². The summed E-state index contributed by atoms with van der Waals surface area (Å²) in [4.78, 5) is 39.4. The molecule has 164 valence electrons. The maximum atomic E-state index is 12.8. The van der Waals surface area contributed by atoms with Gasteiger partial charge in [0.1, 0.15) is 5.78 Å². The lowest BCUT2D eigenvalue weighted by Crippen LogP contribution is -2.51. The first-order valence-corrected chi connectivity index (χ1v) is 10.9. The van der Waals surface area contributed by atoms with E-state index in [1.165, 1.54) is 12.6 Å². The van der Waals surface area contributed by atoms with Gasteiger partial charge in [0.05, 0.1) is 6.54 Å². The Bertz CT molecular complexity index is 621. The molecule has 0 spiro atoms. The summed E-state index contributed by atoms with van der Waals surface area (Å²) in [7, 11) is 0. The van der Waals surface area contributed by atoms with Gasteiger partial charge < -0.3 is 16.0 Å². The Morgan fingerprint density at radius 3 is 2.34 bits per heavy atom. The predicted octanol–water partition coefficient (Wildman–Crippen LogP) is 3.96. The minimum atomic E-state index is -0.545. The van der Waals surface area contributed by atoms with Gasteiger partial charge in [-0.25, -0.2) is 4.79 Å². The summed E-state index contributed by atoms with van der Waals surface area (Å²) in [6.45, 7) is 8.35. The van der Waals surface area contributed by atoms with Gasteiger partial charge in [-0.05, 0) is 56.9 Å². The highest BCUT2D eigenvalue weighted by atomic mass is 16.2. The van der Waals surface area contributed by atoms with Crippen LogP contribution >= 0.6 is 0 Å². The fraction of sp³-hybridized carbons (Fsp3) is 0.696. The van der Waals surface area contributed by atoms with Gasteiger partial charge in [0.2, 0.25) is 0 Å². The van der Waals surface area contributed by atoms with Crippen molar-refractivity contribution in [3.63, 3.8) is 0 Å². The number of carbonyl (C=O) groups is 3. The SMILES string of the molecule is CCC/C(=C\C=C/N)C(=O)CNC(=O)N(CC)CC(C)(C(C)=O)C1CCCCC1. The first-order chi connectivity index (χ1) is 13.8. The number of rotatable bonds is 11. The normalized spacial score (nSPS) is 17.7. The summed E-state index contributed by atoms with van der Waals surface area (Å²) < 4.78 is 0. The standard InChI is InChI=1S/C23H39N3O3/c1-5-11-19(12-10-15-24)21(28)16-25-22(29)26(6-2)17-23(4,18(3)27)20-13-8-7-9-14-20/h10,12,15,20H,5-9,11,13-14,16-17,24H2,1-4H3,(H,25,29)/b15-10-,19-12+.